The van der Waals surface area contributed by atoms with E-state index in [-0.39, 0.29) is 12.3 Å². The van der Waals surface area contributed by atoms with E-state index in [4.69, 9.17) is 5.11 Å². The second kappa shape index (κ2) is 6.23. The number of hydrogen-bond acceptors (Lipinski definition) is 2. The number of benzene rings is 1. The molecule has 0 fully saturated rings. The summed E-state index contributed by atoms with van der Waals surface area (Å²) in [6.45, 7) is 3.20. The molecule has 0 aliphatic rings. The lowest BCUT2D eigenvalue weighted by Gasteiger charge is -2.02. The van der Waals surface area contributed by atoms with Crippen LogP contribution in [0.3, 0.4) is 0 Å². The van der Waals surface area contributed by atoms with Gasteiger partial charge in [0, 0.05) is 36.6 Å². The molecule has 2 aromatic rings. The van der Waals surface area contributed by atoms with E-state index in [0.717, 1.165) is 17.4 Å². The zero-order valence-electron chi connectivity index (χ0n) is 11.4. The number of amides is 1. The van der Waals surface area contributed by atoms with E-state index in [2.05, 4.69) is 5.32 Å². The molecule has 5 nitrogen and oxygen atoms in total. The molecule has 0 aliphatic carbocycles. The van der Waals surface area contributed by atoms with E-state index in [1.807, 2.05) is 42.0 Å². The number of carboxylic acid groups (broad SMARTS) is 1. The van der Waals surface area contributed by atoms with Crippen LogP contribution in [0.2, 0.25) is 0 Å². The molecule has 5 heteroatoms. The highest BCUT2D eigenvalue weighted by molar-refractivity contribution is 6.07. The molecule has 0 spiro atoms. The summed E-state index contributed by atoms with van der Waals surface area (Å²) < 4.78 is 2.03. The van der Waals surface area contributed by atoms with Crippen molar-refractivity contribution < 1.29 is 14.7 Å². The second-order valence-electron chi connectivity index (χ2n) is 4.60. The molecule has 0 unspecified atom stereocenters. The van der Waals surface area contributed by atoms with Gasteiger partial charge in [0.15, 0.2) is 0 Å². The summed E-state index contributed by atoms with van der Waals surface area (Å²) in [5.41, 5.74) is 1.67. The van der Waals surface area contributed by atoms with Gasteiger partial charge < -0.3 is 15.0 Å². The van der Waals surface area contributed by atoms with Gasteiger partial charge in [0.05, 0.1) is 5.56 Å². The fraction of sp³-hybridized carbons (Fsp3) is 0.333. The molecule has 0 saturated heterocycles. The normalized spacial score (nSPS) is 10.7. The number of carbonyl (C=O) groups is 2. The fourth-order valence-electron chi connectivity index (χ4n) is 2.23. The lowest BCUT2D eigenvalue weighted by molar-refractivity contribution is -0.137. The predicted molar refractivity (Wildman–Crippen MR) is 76.8 cm³/mol. The van der Waals surface area contributed by atoms with Gasteiger partial charge in [-0.05, 0) is 19.4 Å². The van der Waals surface area contributed by atoms with Crippen molar-refractivity contribution in [1.82, 2.24) is 9.88 Å². The summed E-state index contributed by atoms with van der Waals surface area (Å²) >= 11 is 0. The van der Waals surface area contributed by atoms with Crippen molar-refractivity contribution >= 4 is 22.8 Å². The first kappa shape index (κ1) is 14.1. The van der Waals surface area contributed by atoms with Gasteiger partial charge in [0.25, 0.3) is 5.91 Å². The SMILES string of the molecule is CCn1cc(C(=O)NCCCC(=O)O)c2ccccc21. The number of aryl methyl sites for hydroxylation is 1. The first-order valence-corrected chi connectivity index (χ1v) is 6.71. The van der Waals surface area contributed by atoms with Gasteiger partial charge in [-0.1, -0.05) is 18.2 Å². The van der Waals surface area contributed by atoms with Crippen molar-refractivity contribution in [2.24, 2.45) is 0 Å². The monoisotopic (exact) mass is 274 g/mol. The third-order valence-corrected chi connectivity index (χ3v) is 3.23. The minimum atomic E-state index is -0.846. The van der Waals surface area contributed by atoms with Crippen molar-refractivity contribution in [3.05, 3.63) is 36.0 Å². The molecule has 0 radical (unpaired) electrons. The van der Waals surface area contributed by atoms with Crippen LogP contribution in [0.5, 0.6) is 0 Å². The van der Waals surface area contributed by atoms with E-state index in [1.54, 1.807) is 0 Å². The van der Waals surface area contributed by atoms with Crippen molar-refractivity contribution in [1.29, 1.82) is 0 Å². The summed E-state index contributed by atoms with van der Waals surface area (Å²) in [6.07, 6.45) is 2.35. The zero-order chi connectivity index (χ0) is 14.5. The van der Waals surface area contributed by atoms with Gasteiger partial charge in [0.1, 0.15) is 0 Å². The second-order valence-corrected chi connectivity index (χ2v) is 4.60. The van der Waals surface area contributed by atoms with Crippen molar-refractivity contribution in [2.75, 3.05) is 6.54 Å². The molecule has 1 heterocycles. The lowest BCUT2D eigenvalue weighted by atomic mass is 10.1. The Bertz CT molecular complexity index is 631. The third-order valence-electron chi connectivity index (χ3n) is 3.23. The molecular formula is C15H18N2O3. The highest BCUT2D eigenvalue weighted by Gasteiger charge is 2.13. The number of fused-ring (bicyclic) bond motifs is 1. The largest absolute Gasteiger partial charge is 0.481 e. The molecule has 0 saturated carbocycles. The molecule has 106 valence electrons. The Hall–Kier alpha value is -2.30. The number of para-hydroxylation sites is 1. The van der Waals surface area contributed by atoms with Crippen LogP contribution in [0.4, 0.5) is 0 Å². The number of carboxylic acids is 1. The predicted octanol–water partition coefficient (Wildman–Crippen LogP) is 2.26. The molecule has 2 N–H and O–H groups in total. The van der Waals surface area contributed by atoms with Gasteiger partial charge in [-0.2, -0.15) is 0 Å². The average Bonchev–Trinajstić information content (AvgIpc) is 2.82. The van der Waals surface area contributed by atoms with Crippen LogP contribution in [0, 0.1) is 0 Å². The van der Waals surface area contributed by atoms with Crippen LogP contribution in [-0.4, -0.2) is 28.1 Å². The average molecular weight is 274 g/mol. The van der Waals surface area contributed by atoms with Crippen LogP contribution in [0.25, 0.3) is 10.9 Å². The standard InChI is InChI=1S/C15H18N2O3/c1-2-17-10-12(11-6-3-4-7-13(11)17)15(20)16-9-5-8-14(18)19/h3-4,6-7,10H,2,5,8-9H2,1H3,(H,16,20)(H,18,19). The van der Waals surface area contributed by atoms with Gasteiger partial charge in [-0.15, -0.1) is 0 Å². The number of nitrogens with zero attached hydrogens (tertiary/aromatic N) is 1. The lowest BCUT2D eigenvalue weighted by Crippen LogP contribution is -2.24. The van der Waals surface area contributed by atoms with E-state index < -0.39 is 5.97 Å². The van der Waals surface area contributed by atoms with Crippen LogP contribution in [0.15, 0.2) is 30.5 Å². The molecule has 0 aliphatic heterocycles. The third kappa shape index (κ3) is 2.99. The number of aromatic nitrogens is 1. The Balaban J connectivity index is 2.12. The number of carbonyl (C=O) groups excluding carboxylic acids is 1. The highest BCUT2D eigenvalue weighted by Crippen LogP contribution is 2.21. The van der Waals surface area contributed by atoms with Crippen LogP contribution in [-0.2, 0) is 11.3 Å². The van der Waals surface area contributed by atoms with E-state index >= 15 is 0 Å². The Labute approximate surface area is 117 Å². The van der Waals surface area contributed by atoms with Crippen molar-refractivity contribution in [3.63, 3.8) is 0 Å². The maximum atomic E-state index is 12.2. The summed E-state index contributed by atoms with van der Waals surface area (Å²) in [7, 11) is 0. The van der Waals surface area contributed by atoms with Gasteiger partial charge in [0.2, 0.25) is 0 Å². The highest BCUT2D eigenvalue weighted by atomic mass is 16.4. The van der Waals surface area contributed by atoms with Gasteiger partial charge in [-0.25, -0.2) is 0 Å². The molecular weight excluding hydrogens is 256 g/mol. The maximum Gasteiger partial charge on any atom is 0.303 e. The Kier molecular flexibility index (Phi) is 4.40. The van der Waals surface area contributed by atoms with Crippen LogP contribution in [0.1, 0.15) is 30.1 Å². The minimum Gasteiger partial charge on any atom is -0.481 e. The quantitative estimate of drug-likeness (QED) is 0.794. The Morgan fingerprint density at radius 2 is 2.05 bits per heavy atom. The van der Waals surface area contributed by atoms with Crippen molar-refractivity contribution in [3.8, 4) is 0 Å². The number of hydrogen-bond donors (Lipinski definition) is 2. The molecule has 20 heavy (non-hydrogen) atoms. The Morgan fingerprint density at radius 3 is 2.75 bits per heavy atom. The molecule has 1 aromatic heterocycles. The topological polar surface area (TPSA) is 71.3 Å². The molecule has 1 aromatic carbocycles. The van der Waals surface area contributed by atoms with Crippen LogP contribution < -0.4 is 5.32 Å². The number of aliphatic carboxylic acids is 1. The van der Waals surface area contributed by atoms with Crippen molar-refractivity contribution in [2.45, 2.75) is 26.3 Å². The Morgan fingerprint density at radius 1 is 1.30 bits per heavy atom. The first-order valence-electron chi connectivity index (χ1n) is 6.71. The van der Waals surface area contributed by atoms with Crippen LogP contribution >= 0.6 is 0 Å². The number of rotatable bonds is 6. The molecule has 0 bridgehead atoms. The molecule has 2 rings (SSSR count). The summed E-state index contributed by atoms with van der Waals surface area (Å²) in [4.78, 5) is 22.6. The van der Waals surface area contributed by atoms with E-state index in [1.165, 1.54) is 0 Å². The zero-order valence-corrected chi connectivity index (χ0v) is 11.4. The smallest absolute Gasteiger partial charge is 0.303 e. The maximum absolute atomic E-state index is 12.2. The van der Waals surface area contributed by atoms with Gasteiger partial charge in [-0.3, -0.25) is 9.59 Å². The van der Waals surface area contributed by atoms with Gasteiger partial charge >= 0.3 is 5.97 Å². The fourth-order valence-corrected chi connectivity index (χ4v) is 2.23. The first-order chi connectivity index (χ1) is 9.63. The minimum absolute atomic E-state index is 0.0665. The molecule has 0 atom stereocenters. The molecule has 1 amide bonds. The summed E-state index contributed by atoms with van der Waals surface area (Å²) in [6, 6.07) is 7.76. The summed E-state index contributed by atoms with van der Waals surface area (Å²) in [5.74, 6) is -0.999. The van der Waals surface area contributed by atoms with E-state index in [9.17, 15) is 9.59 Å². The summed E-state index contributed by atoms with van der Waals surface area (Å²) in [5, 5.41) is 12.2. The van der Waals surface area contributed by atoms with E-state index in [0.29, 0.717) is 18.5 Å². The number of nitrogens with one attached hydrogen (secondary N) is 1.